The van der Waals surface area contributed by atoms with Crippen molar-refractivity contribution in [2.75, 3.05) is 31.9 Å². The Balaban J connectivity index is 1.36. The first kappa shape index (κ1) is 32.0. The Morgan fingerprint density at radius 2 is 1.82 bits per heavy atom. The van der Waals surface area contributed by atoms with Gasteiger partial charge in [0.05, 0.1) is 44.4 Å². The summed E-state index contributed by atoms with van der Waals surface area (Å²) in [7, 11) is 3.11. The van der Waals surface area contributed by atoms with Crippen LogP contribution in [0.5, 0.6) is 11.5 Å². The van der Waals surface area contributed by atoms with Crippen LogP contribution in [0.3, 0.4) is 0 Å². The molecule has 0 unspecified atom stereocenters. The van der Waals surface area contributed by atoms with E-state index in [2.05, 4.69) is 20.8 Å². The fourth-order valence-electron chi connectivity index (χ4n) is 5.13. The molecule has 4 aromatic rings. The molecule has 45 heavy (non-hydrogen) atoms. The van der Waals surface area contributed by atoms with Crippen molar-refractivity contribution in [1.29, 1.82) is 0 Å². The molecule has 1 aliphatic rings. The van der Waals surface area contributed by atoms with Crippen molar-refractivity contribution in [3.8, 4) is 17.2 Å². The molecule has 0 saturated heterocycles. The van der Waals surface area contributed by atoms with Crippen molar-refractivity contribution >= 4 is 45.9 Å². The first-order chi connectivity index (χ1) is 21.9. The molecule has 2 aromatic carbocycles. The van der Waals surface area contributed by atoms with Crippen LogP contribution in [0.2, 0.25) is 0 Å². The van der Waals surface area contributed by atoms with Crippen molar-refractivity contribution in [3.05, 3.63) is 75.9 Å². The number of aromatic nitrogens is 3. The molecule has 0 fully saturated rings. The van der Waals surface area contributed by atoms with Gasteiger partial charge in [0, 0.05) is 10.4 Å². The summed E-state index contributed by atoms with van der Waals surface area (Å²) in [5.41, 5.74) is 2.57. The fraction of sp³-hybridized carbons (Fsp3) is 0.344. The maximum Gasteiger partial charge on any atom is 0.341 e. The number of amides is 2. The summed E-state index contributed by atoms with van der Waals surface area (Å²) in [6, 6.07) is 14.2. The standard InChI is InChI=1S/C32H35N5O6S2/c1-4-43-31(40)28-22-13-6-5-7-16-25(22)45-30(28)34-27(38)19-44-32-36-35-26(37(32)23-14-8-9-15-24(23)42-3)18-33-29(39)20-11-10-12-21(17-20)41-2/h8-12,14-15,17H,4-7,13,16,18-19H2,1-3H3,(H,33,39)(H,34,38). The zero-order chi connectivity index (χ0) is 31.8. The number of para-hydroxylation sites is 2. The molecule has 2 aromatic heterocycles. The number of esters is 1. The summed E-state index contributed by atoms with van der Waals surface area (Å²) in [5.74, 6) is 0.608. The number of carbonyl (C=O) groups excluding carboxylic acids is 3. The maximum absolute atomic E-state index is 13.3. The van der Waals surface area contributed by atoms with Crippen molar-refractivity contribution in [3.63, 3.8) is 0 Å². The molecule has 0 spiro atoms. The highest BCUT2D eigenvalue weighted by atomic mass is 32.2. The molecule has 5 rings (SSSR count). The lowest BCUT2D eigenvalue weighted by atomic mass is 10.1. The minimum Gasteiger partial charge on any atom is -0.497 e. The molecular formula is C32H35N5O6S2. The molecule has 0 saturated carbocycles. The normalized spacial score (nSPS) is 12.5. The van der Waals surface area contributed by atoms with Crippen LogP contribution in [0.25, 0.3) is 5.69 Å². The zero-order valence-corrected chi connectivity index (χ0v) is 27.0. The molecular weight excluding hydrogens is 615 g/mol. The highest BCUT2D eigenvalue weighted by Crippen LogP contribution is 2.38. The van der Waals surface area contributed by atoms with Gasteiger partial charge in [0.1, 0.15) is 16.5 Å². The van der Waals surface area contributed by atoms with Gasteiger partial charge in [-0.2, -0.15) is 0 Å². The Bertz CT molecular complexity index is 1680. The lowest BCUT2D eigenvalue weighted by Crippen LogP contribution is -2.24. The minimum atomic E-state index is -0.406. The second-order valence-electron chi connectivity index (χ2n) is 10.1. The van der Waals surface area contributed by atoms with Gasteiger partial charge >= 0.3 is 5.97 Å². The summed E-state index contributed by atoms with van der Waals surface area (Å²) in [5, 5.41) is 15.5. The third kappa shape index (κ3) is 7.48. The second kappa shape index (κ2) is 15.1. The number of ether oxygens (including phenoxy) is 3. The number of thiophene rings is 1. The Morgan fingerprint density at radius 1 is 1.00 bits per heavy atom. The van der Waals surface area contributed by atoms with Crippen LogP contribution < -0.4 is 20.1 Å². The number of thioether (sulfide) groups is 1. The smallest absolute Gasteiger partial charge is 0.341 e. The molecule has 2 heterocycles. The van der Waals surface area contributed by atoms with E-state index in [0.29, 0.717) is 44.3 Å². The minimum absolute atomic E-state index is 0.00822. The lowest BCUT2D eigenvalue weighted by Gasteiger charge is -2.14. The molecule has 2 N–H and O–H groups in total. The van der Waals surface area contributed by atoms with Crippen molar-refractivity contribution in [1.82, 2.24) is 20.1 Å². The van der Waals surface area contributed by atoms with E-state index < -0.39 is 5.97 Å². The van der Waals surface area contributed by atoms with Crippen LogP contribution in [-0.2, 0) is 28.9 Å². The van der Waals surface area contributed by atoms with Gasteiger partial charge in [0.15, 0.2) is 11.0 Å². The first-order valence-electron chi connectivity index (χ1n) is 14.7. The monoisotopic (exact) mass is 649 g/mol. The van der Waals surface area contributed by atoms with Gasteiger partial charge < -0.3 is 24.8 Å². The molecule has 11 nitrogen and oxygen atoms in total. The Hall–Kier alpha value is -4.36. The molecule has 0 atom stereocenters. The number of anilines is 1. The highest BCUT2D eigenvalue weighted by Gasteiger charge is 2.27. The second-order valence-corrected chi connectivity index (χ2v) is 12.2. The van der Waals surface area contributed by atoms with E-state index in [9.17, 15) is 14.4 Å². The number of rotatable bonds is 12. The van der Waals surface area contributed by atoms with E-state index >= 15 is 0 Å². The van der Waals surface area contributed by atoms with Crippen LogP contribution in [0.1, 0.15) is 63.2 Å². The van der Waals surface area contributed by atoms with Crippen molar-refractivity contribution in [2.45, 2.75) is 50.7 Å². The van der Waals surface area contributed by atoms with Crippen molar-refractivity contribution in [2.24, 2.45) is 0 Å². The number of hydrogen-bond donors (Lipinski definition) is 2. The summed E-state index contributed by atoms with van der Waals surface area (Å²) < 4.78 is 18.0. The molecule has 2 amide bonds. The predicted octanol–water partition coefficient (Wildman–Crippen LogP) is 5.45. The third-order valence-electron chi connectivity index (χ3n) is 7.25. The van der Waals surface area contributed by atoms with Gasteiger partial charge in [-0.1, -0.05) is 36.4 Å². The number of carbonyl (C=O) groups is 3. The van der Waals surface area contributed by atoms with Crippen LogP contribution in [0, 0.1) is 0 Å². The maximum atomic E-state index is 13.3. The van der Waals surface area contributed by atoms with E-state index in [0.717, 1.165) is 42.5 Å². The molecule has 0 aliphatic heterocycles. The summed E-state index contributed by atoms with van der Waals surface area (Å²) >= 11 is 2.65. The molecule has 236 valence electrons. The lowest BCUT2D eigenvalue weighted by molar-refractivity contribution is -0.113. The number of benzene rings is 2. The Labute approximate surface area is 269 Å². The van der Waals surface area contributed by atoms with Gasteiger partial charge in [-0.25, -0.2) is 4.79 Å². The number of methoxy groups -OCH3 is 2. The SMILES string of the molecule is CCOC(=O)c1c(NC(=O)CSc2nnc(CNC(=O)c3cccc(OC)c3)n2-c2ccccc2OC)sc2c1CCCCC2. The predicted molar refractivity (Wildman–Crippen MR) is 173 cm³/mol. The number of aryl methyl sites for hydroxylation is 1. The molecule has 0 radical (unpaired) electrons. The Kier molecular flexibility index (Phi) is 10.7. The van der Waals surface area contributed by atoms with Gasteiger partial charge in [-0.05, 0) is 68.5 Å². The number of fused-ring (bicyclic) bond motifs is 1. The summed E-state index contributed by atoms with van der Waals surface area (Å²) in [6.45, 7) is 2.10. The number of nitrogens with zero attached hydrogens (tertiary/aromatic N) is 3. The fourth-order valence-corrected chi connectivity index (χ4v) is 7.19. The van der Waals surface area contributed by atoms with Crippen LogP contribution in [0.15, 0.2) is 53.7 Å². The first-order valence-corrected chi connectivity index (χ1v) is 16.5. The summed E-state index contributed by atoms with van der Waals surface area (Å²) in [4.78, 5) is 40.3. The zero-order valence-electron chi connectivity index (χ0n) is 25.4. The quantitative estimate of drug-likeness (QED) is 0.117. The van der Waals surface area contributed by atoms with Crippen LogP contribution >= 0.6 is 23.1 Å². The highest BCUT2D eigenvalue weighted by molar-refractivity contribution is 7.99. The van der Waals surface area contributed by atoms with E-state index in [1.807, 2.05) is 24.3 Å². The Morgan fingerprint density at radius 3 is 2.62 bits per heavy atom. The van der Waals surface area contributed by atoms with E-state index in [1.165, 1.54) is 23.1 Å². The molecule has 13 heteroatoms. The van der Waals surface area contributed by atoms with Gasteiger partial charge in [0.2, 0.25) is 5.91 Å². The third-order valence-corrected chi connectivity index (χ3v) is 9.39. The van der Waals surface area contributed by atoms with Gasteiger partial charge in [-0.3, -0.25) is 14.2 Å². The van der Waals surface area contributed by atoms with E-state index in [1.54, 1.807) is 50.0 Å². The van der Waals surface area contributed by atoms with E-state index in [4.69, 9.17) is 14.2 Å². The average Bonchev–Trinajstić information content (AvgIpc) is 3.54. The topological polar surface area (TPSA) is 134 Å². The van der Waals surface area contributed by atoms with Crippen LogP contribution in [-0.4, -0.2) is 59.1 Å². The average molecular weight is 650 g/mol. The van der Waals surface area contributed by atoms with Gasteiger partial charge in [0.25, 0.3) is 5.91 Å². The van der Waals surface area contributed by atoms with E-state index in [-0.39, 0.29) is 30.7 Å². The number of nitrogens with one attached hydrogen (secondary N) is 2. The van der Waals surface area contributed by atoms with Crippen molar-refractivity contribution < 1.29 is 28.6 Å². The molecule has 0 bridgehead atoms. The summed E-state index contributed by atoms with van der Waals surface area (Å²) in [6.07, 6.45) is 4.85. The molecule has 1 aliphatic carbocycles. The van der Waals surface area contributed by atoms with Crippen LogP contribution in [0.4, 0.5) is 5.00 Å². The van der Waals surface area contributed by atoms with Gasteiger partial charge in [-0.15, -0.1) is 21.5 Å². The largest absolute Gasteiger partial charge is 0.497 e. The number of hydrogen-bond acceptors (Lipinski definition) is 10.